The molecular weight excluding hydrogens is 214 g/mol. The molecule has 4 heteroatoms. The number of hydrogen-bond donors (Lipinski definition) is 2. The fourth-order valence-electron chi connectivity index (χ4n) is 1.41. The van der Waals surface area contributed by atoms with Gasteiger partial charge in [0.05, 0.1) is 6.26 Å². The van der Waals surface area contributed by atoms with Crippen LogP contribution in [0.1, 0.15) is 33.0 Å². The topological polar surface area (TPSA) is 49.6 Å². The van der Waals surface area contributed by atoms with E-state index in [4.69, 9.17) is 4.42 Å². The first-order valence-corrected chi connectivity index (χ1v) is 6.29. The van der Waals surface area contributed by atoms with Crippen LogP contribution in [-0.4, -0.2) is 25.1 Å². The van der Waals surface area contributed by atoms with Gasteiger partial charge in [-0.15, -0.1) is 0 Å². The van der Waals surface area contributed by atoms with Crippen LogP contribution in [-0.2, 0) is 6.42 Å². The van der Waals surface area contributed by atoms with Crippen molar-refractivity contribution in [3.05, 3.63) is 24.2 Å². The molecule has 0 atom stereocenters. The molecule has 0 aliphatic heterocycles. The second kappa shape index (κ2) is 7.76. The van der Waals surface area contributed by atoms with E-state index in [1.165, 1.54) is 0 Å². The number of aliphatic imine (C=N–C) groups is 1. The Balaban J connectivity index is 2.32. The summed E-state index contributed by atoms with van der Waals surface area (Å²) in [7, 11) is 0. The van der Waals surface area contributed by atoms with E-state index in [0.29, 0.717) is 6.04 Å². The molecule has 0 aromatic carbocycles. The Bertz CT molecular complexity index is 317. The van der Waals surface area contributed by atoms with E-state index < -0.39 is 0 Å². The van der Waals surface area contributed by atoms with Crippen molar-refractivity contribution in [1.82, 2.24) is 10.6 Å². The summed E-state index contributed by atoms with van der Waals surface area (Å²) in [5, 5.41) is 6.61. The minimum atomic E-state index is 0.390. The predicted molar refractivity (Wildman–Crippen MR) is 71.3 cm³/mol. The van der Waals surface area contributed by atoms with Crippen LogP contribution in [0.5, 0.6) is 0 Å². The molecule has 0 spiro atoms. The number of hydrogen-bond acceptors (Lipinski definition) is 2. The molecular formula is C13H23N3O. The predicted octanol–water partition coefficient (Wildman–Crippen LogP) is 2.18. The van der Waals surface area contributed by atoms with Gasteiger partial charge in [0.15, 0.2) is 5.96 Å². The lowest BCUT2D eigenvalue weighted by Gasteiger charge is -2.14. The Morgan fingerprint density at radius 3 is 2.88 bits per heavy atom. The molecule has 1 rings (SSSR count). The van der Waals surface area contributed by atoms with Crippen molar-refractivity contribution in [3.8, 4) is 0 Å². The van der Waals surface area contributed by atoms with Crippen molar-refractivity contribution in [2.24, 2.45) is 4.99 Å². The van der Waals surface area contributed by atoms with Crippen LogP contribution in [0.2, 0.25) is 0 Å². The Kier molecular flexibility index (Phi) is 6.22. The zero-order valence-corrected chi connectivity index (χ0v) is 11.0. The maximum absolute atomic E-state index is 5.28. The molecule has 0 saturated carbocycles. The van der Waals surface area contributed by atoms with Gasteiger partial charge in [-0.2, -0.15) is 0 Å². The highest BCUT2D eigenvalue weighted by Crippen LogP contribution is 1.99. The molecule has 2 N–H and O–H groups in total. The minimum absolute atomic E-state index is 0.390. The van der Waals surface area contributed by atoms with Crippen molar-refractivity contribution >= 4 is 5.96 Å². The van der Waals surface area contributed by atoms with Crippen LogP contribution < -0.4 is 10.6 Å². The van der Waals surface area contributed by atoms with Crippen LogP contribution in [0.25, 0.3) is 0 Å². The van der Waals surface area contributed by atoms with Gasteiger partial charge in [-0.05, 0) is 32.4 Å². The Hall–Kier alpha value is -1.45. The van der Waals surface area contributed by atoms with Crippen LogP contribution in [0, 0.1) is 0 Å². The smallest absolute Gasteiger partial charge is 0.191 e. The summed E-state index contributed by atoms with van der Waals surface area (Å²) in [6, 6.07) is 4.29. The molecule has 1 aromatic heterocycles. The van der Waals surface area contributed by atoms with Crippen LogP contribution in [0.4, 0.5) is 0 Å². The summed E-state index contributed by atoms with van der Waals surface area (Å²) in [5.74, 6) is 1.88. The van der Waals surface area contributed by atoms with Crippen molar-refractivity contribution in [2.45, 2.75) is 39.7 Å². The van der Waals surface area contributed by atoms with Crippen LogP contribution in [0.3, 0.4) is 0 Å². The first kappa shape index (κ1) is 13.6. The fourth-order valence-corrected chi connectivity index (χ4v) is 1.41. The summed E-state index contributed by atoms with van der Waals surface area (Å²) in [4.78, 5) is 4.47. The summed E-state index contributed by atoms with van der Waals surface area (Å²) in [5.41, 5.74) is 0. The standard InChI is InChI=1S/C13H23N3O/c1-4-8-14-13(16-11(2)3)15-9-7-12-6-5-10-17-12/h5-6,10-11H,4,7-9H2,1-3H3,(H2,14,15,16). The van der Waals surface area contributed by atoms with Crippen molar-refractivity contribution < 1.29 is 4.42 Å². The normalized spacial score (nSPS) is 11.9. The van der Waals surface area contributed by atoms with E-state index in [1.54, 1.807) is 6.26 Å². The third-order valence-electron chi connectivity index (χ3n) is 2.16. The first-order valence-electron chi connectivity index (χ1n) is 6.29. The number of guanidine groups is 1. The van der Waals surface area contributed by atoms with Crippen molar-refractivity contribution in [1.29, 1.82) is 0 Å². The molecule has 0 radical (unpaired) electrons. The average molecular weight is 237 g/mol. The Morgan fingerprint density at radius 2 is 2.29 bits per heavy atom. The molecule has 0 saturated heterocycles. The highest BCUT2D eigenvalue weighted by Gasteiger charge is 2.01. The van der Waals surface area contributed by atoms with Gasteiger partial charge < -0.3 is 15.1 Å². The summed E-state index contributed by atoms with van der Waals surface area (Å²) in [6.07, 6.45) is 3.63. The number of furan rings is 1. The maximum atomic E-state index is 5.28. The van der Waals surface area contributed by atoms with Gasteiger partial charge in [0.1, 0.15) is 5.76 Å². The van der Waals surface area contributed by atoms with Gasteiger partial charge in [-0.3, -0.25) is 4.99 Å². The monoisotopic (exact) mass is 237 g/mol. The molecule has 0 aliphatic carbocycles. The Labute approximate surface area is 104 Å². The lowest BCUT2D eigenvalue weighted by molar-refractivity contribution is 0.506. The molecule has 0 unspecified atom stereocenters. The molecule has 1 aromatic rings. The van der Waals surface area contributed by atoms with E-state index in [0.717, 1.165) is 37.7 Å². The van der Waals surface area contributed by atoms with E-state index in [2.05, 4.69) is 36.4 Å². The second-order valence-electron chi connectivity index (χ2n) is 4.29. The van der Waals surface area contributed by atoms with E-state index in [9.17, 15) is 0 Å². The third-order valence-corrected chi connectivity index (χ3v) is 2.16. The highest BCUT2D eigenvalue weighted by molar-refractivity contribution is 5.80. The summed E-state index contributed by atoms with van der Waals surface area (Å²) in [6.45, 7) is 8.02. The van der Waals surface area contributed by atoms with Gasteiger partial charge in [0.2, 0.25) is 0 Å². The van der Waals surface area contributed by atoms with Gasteiger partial charge in [0, 0.05) is 25.6 Å². The summed E-state index contributed by atoms with van der Waals surface area (Å²) >= 11 is 0. The van der Waals surface area contributed by atoms with Gasteiger partial charge in [-0.25, -0.2) is 0 Å². The lowest BCUT2D eigenvalue weighted by atomic mass is 10.3. The highest BCUT2D eigenvalue weighted by atomic mass is 16.3. The number of nitrogens with one attached hydrogen (secondary N) is 2. The largest absolute Gasteiger partial charge is 0.469 e. The maximum Gasteiger partial charge on any atom is 0.191 e. The van der Waals surface area contributed by atoms with Crippen LogP contribution >= 0.6 is 0 Å². The minimum Gasteiger partial charge on any atom is -0.469 e. The molecule has 96 valence electrons. The Morgan fingerprint density at radius 1 is 1.47 bits per heavy atom. The average Bonchev–Trinajstić information content (AvgIpc) is 2.78. The molecule has 0 bridgehead atoms. The quantitative estimate of drug-likeness (QED) is 0.589. The zero-order chi connectivity index (χ0) is 12.5. The molecule has 1 heterocycles. The first-order chi connectivity index (χ1) is 8.22. The SMILES string of the molecule is CCCN=C(NCCc1ccco1)NC(C)C. The van der Waals surface area contributed by atoms with Crippen LogP contribution in [0.15, 0.2) is 27.8 Å². The molecule has 0 amide bonds. The van der Waals surface area contributed by atoms with Gasteiger partial charge >= 0.3 is 0 Å². The molecule has 0 aliphatic rings. The van der Waals surface area contributed by atoms with Gasteiger partial charge in [-0.1, -0.05) is 6.92 Å². The number of nitrogens with zero attached hydrogens (tertiary/aromatic N) is 1. The molecule has 4 nitrogen and oxygen atoms in total. The fraction of sp³-hybridized carbons (Fsp3) is 0.615. The second-order valence-corrected chi connectivity index (χ2v) is 4.29. The van der Waals surface area contributed by atoms with E-state index >= 15 is 0 Å². The van der Waals surface area contributed by atoms with Crippen molar-refractivity contribution in [2.75, 3.05) is 13.1 Å². The molecule has 0 fully saturated rings. The zero-order valence-electron chi connectivity index (χ0n) is 11.0. The van der Waals surface area contributed by atoms with Crippen molar-refractivity contribution in [3.63, 3.8) is 0 Å². The van der Waals surface area contributed by atoms with E-state index in [1.807, 2.05) is 12.1 Å². The summed E-state index contributed by atoms with van der Waals surface area (Å²) < 4.78 is 5.28. The lowest BCUT2D eigenvalue weighted by Crippen LogP contribution is -2.42. The molecule has 17 heavy (non-hydrogen) atoms. The van der Waals surface area contributed by atoms with E-state index in [-0.39, 0.29) is 0 Å². The third kappa shape index (κ3) is 6.00. The number of rotatable bonds is 6. The van der Waals surface area contributed by atoms with Gasteiger partial charge in [0.25, 0.3) is 0 Å².